The molecule has 1 saturated carbocycles. The molecule has 0 spiro atoms. The number of nitrogens with one attached hydrogen (secondary N) is 1. The summed E-state index contributed by atoms with van der Waals surface area (Å²) in [6.45, 7) is 4.56. The van der Waals surface area contributed by atoms with Gasteiger partial charge in [-0.25, -0.2) is 0 Å². The third-order valence-electron chi connectivity index (χ3n) is 3.39. The van der Waals surface area contributed by atoms with Crippen molar-refractivity contribution in [2.75, 3.05) is 5.32 Å². The first-order chi connectivity index (χ1) is 7.01. The first kappa shape index (κ1) is 11.5. The average molecular weight is 336 g/mol. The van der Waals surface area contributed by atoms with E-state index in [1.807, 2.05) is 6.07 Å². The maximum absolute atomic E-state index is 6.18. The molecule has 0 bridgehead atoms. The number of halogens is 2. The summed E-state index contributed by atoms with van der Waals surface area (Å²) in [4.78, 5) is 0. The predicted molar refractivity (Wildman–Crippen MR) is 74.6 cm³/mol. The van der Waals surface area contributed by atoms with Crippen molar-refractivity contribution in [2.45, 2.75) is 32.7 Å². The van der Waals surface area contributed by atoms with Crippen LogP contribution in [0.5, 0.6) is 0 Å². The zero-order valence-electron chi connectivity index (χ0n) is 8.98. The first-order valence-electron chi connectivity index (χ1n) is 5.23. The summed E-state index contributed by atoms with van der Waals surface area (Å²) < 4.78 is 1.17. The topological polar surface area (TPSA) is 12.0 Å². The van der Waals surface area contributed by atoms with Crippen LogP contribution in [0.25, 0.3) is 0 Å². The van der Waals surface area contributed by atoms with Gasteiger partial charge in [0.05, 0.1) is 10.7 Å². The van der Waals surface area contributed by atoms with Gasteiger partial charge in [-0.15, -0.1) is 0 Å². The third-order valence-corrected chi connectivity index (χ3v) is 4.37. The molecule has 1 N–H and O–H groups in total. The van der Waals surface area contributed by atoms with Gasteiger partial charge in [-0.2, -0.15) is 0 Å². The van der Waals surface area contributed by atoms with Crippen LogP contribution in [0.1, 0.15) is 26.7 Å². The Balaban J connectivity index is 2.10. The number of anilines is 1. The Morgan fingerprint density at radius 2 is 2.13 bits per heavy atom. The molecule has 1 fully saturated rings. The molecule has 0 heterocycles. The Morgan fingerprint density at radius 1 is 1.47 bits per heavy atom. The van der Waals surface area contributed by atoms with Crippen LogP contribution in [0.3, 0.4) is 0 Å². The lowest BCUT2D eigenvalue weighted by atomic mass is 10.0. The second kappa shape index (κ2) is 4.13. The smallest absolute Gasteiger partial charge is 0.0648 e. The number of hydrogen-bond donors (Lipinski definition) is 1. The van der Waals surface area contributed by atoms with E-state index in [2.05, 4.69) is 53.9 Å². The van der Waals surface area contributed by atoms with Crippen molar-refractivity contribution in [1.82, 2.24) is 0 Å². The van der Waals surface area contributed by atoms with Gasteiger partial charge in [0, 0.05) is 9.61 Å². The van der Waals surface area contributed by atoms with Crippen LogP contribution in [0.2, 0.25) is 5.02 Å². The van der Waals surface area contributed by atoms with E-state index in [0.717, 1.165) is 10.7 Å². The van der Waals surface area contributed by atoms with Crippen molar-refractivity contribution < 1.29 is 0 Å². The lowest BCUT2D eigenvalue weighted by Gasteiger charge is -2.22. The van der Waals surface area contributed by atoms with E-state index in [4.69, 9.17) is 11.6 Å². The molecule has 0 aromatic heterocycles. The van der Waals surface area contributed by atoms with Gasteiger partial charge in [-0.1, -0.05) is 18.5 Å². The third kappa shape index (κ3) is 2.59. The van der Waals surface area contributed by atoms with Crippen LogP contribution in [0.4, 0.5) is 5.69 Å². The summed E-state index contributed by atoms with van der Waals surface area (Å²) in [5.41, 5.74) is 1.53. The van der Waals surface area contributed by atoms with Crippen molar-refractivity contribution >= 4 is 39.9 Å². The summed E-state index contributed by atoms with van der Waals surface area (Å²) in [5, 5.41) is 4.32. The highest BCUT2D eigenvalue weighted by molar-refractivity contribution is 14.1. The molecular weight excluding hydrogens is 320 g/mol. The van der Waals surface area contributed by atoms with Crippen molar-refractivity contribution in [3.8, 4) is 0 Å². The molecule has 1 aliphatic rings. The molecular formula is C12H15ClIN. The van der Waals surface area contributed by atoms with Crippen LogP contribution in [-0.2, 0) is 0 Å². The van der Waals surface area contributed by atoms with Crippen LogP contribution in [0.15, 0.2) is 18.2 Å². The maximum Gasteiger partial charge on any atom is 0.0648 e. The largest absolute Gasteiger partial charge is 0.381 e. The quantitative estimate of drug-likeness (QED) is 0.799. The van der Waals surface area contributed by atoms with Crippen molar-refractivity contribution in [1.29, 1.82) is 0 Å². The first-order valence-corrected chi connectivity index (χ1v) is 6.68. The van der Waals surface area contributed by atoms with E-state index in [9.17, 15) is 0 Å². The van der Waals surface area contributed by atoms with Gasteiger partial charge in [0.1, 0.15) is 0 Å². The molecule has 0 saturated heterocycles. The Kier molecular flexibility index (Phi) is 3.17. The van der Waals surface area contributed by atoms with Gasteiger partial charge in [-0.05, 0) is 66.0 Å². The molecule has 2 rings (SSSR count). The molecule has 82 valence electrons. The summed E-state index contributed by atoms with van der Waals surface area (Å²) in [6, 6.07) is 6.63. The highest BCUT2D eigenvalue weighted by Gasteiger charge is 2.42. The highest BCUT2D eigenvalue weighted by Crippen LogP contribution is 2.49. The predicted octanol–water partition coefficient (Wildman–Crippen LogP) is 4.55. The maximum atomic E-state index is 6.18. The monoisotopic (exact) mass is 335 g/mol. The zero-order chi connectivity index (χ0) is 11.1. The molecule has 0 amide bonds. The summed E-state index contributed by atoms with van der Waals surface area (Å²) in [5.74, 6) is 0. The number of benzene rings is 1. The summed E-state index contributed by atoms with van der Waals surface area (Å²) >= 11 is 8.45. The molecule has 1 atom stereocenters. The van der Waals surface area contributed by atoms with Crippen LogP contribution in [0, 0.1) is 8.99 Å². The number of hydrogen-bond acceptors (Lipinski definition) is 1. The van der Waals surface area contributed by atoms with E-state index in [-0.39, 0.29) is 0 Å². The molecule has 0 aliphatic heterocycles. The Hall–Kier alpha value is 0.0400. The van der Waals surface area contributed by atoms with E-state index in [1.54, 1.807) is 0 Å². The molecule has 15 heavy (non-hydrogen) atoms. The van der Waals surface area contributed by atoms with Crippen LogP contribution < -0.4 is 5.32 Å². The summed E-state index contributed by atoms with van der Waals surface area (Å²) in [7, 11) is 0. The Labute approximate surface area is 110 Å². The van der Waals surface area contributed by atoms with Crippen LogP contribution in [-0.4, -0.2) is 6.04 Å². The van der Waals surface area contributed by atoms with Gasteiger partial charge in [0.15, 0.2) is 0 Å². The van der Waals surface area contributed by atoms with E-state index < -0.39 is 0 Å². The standard InChI is InChI=1S/C12H15ClIN/c1-8(12(2)5-6-12)15-11-4-3-9(14)7-10(11)13/h3-4,7-8,15H,5-6H2,1-2H3. The van der Waals surface area contributed by atoms with Crippen LogP contribution >= 0.6 is 34.2 Å². The Morgan fingerprint density at radius 3 is 2.67 bits per heavy atom. The zero-order valence-corrected chi connectivity index (χ0v) is 11.9. The average Bonchev–Trinajstić information content (AvgIpc) is 2.90. The van der Waals surface area contributed by atoms with Crippen molar-refractivity contribution in [3.05, 3.63) is 26.8 Å². The normalized spacial score (nSPS) is 19.7. The molecule has 1 aliphatic carbocycles. The summed E-state index contributed by atoms with van der Waals surface area (Å²) in [6.07, 6.45) is 2.65. The molecule has 1 aromatic carbocycles. The Bertz CT molecular complexity index is 374. The van der Waals surface area contributed by atoms with Crippen molar-refractivity contribution in [2.24, 2.45) is 5.41 Å². The molecule has 1 nitrogen and oxygen atoms in total. The molecule has 1 unspecified atom stereocenters. The van der Waals surface area contributed by atoms with Gasteiger partial charge in [0.25, 0.3) is 0 Å². The van der Waals surface area contributed by atoms with Crippen molar-refractivity contribution in [3.63, 3.8) is 0 Å². The minimum absolute atomic E-state index is 0.478. The van der Waals surface area contributed by atoms with Gasteiger partial charge in [-0.3, -0.25) is 0 Å². The minimum Gasteiger partial charge on any atom is -0.381 e. The SMILES string of the molecule is CC(Nc1ccc(I)cc1Cl)C1(C)CC1. The fourth-order valence-electron chi connectivity index (χ4n) is 1.64. The van der Waals surface area contributed by atoms with Gasteiger partial charge < -0.3 is 5.32 Å². The second-order valence-corrected chi connectivity index (χ2v) is 6.30. The highest BCUT2D eigenvalue weighted by atomic mass is 127. The van der Waals surface area contributed by atoms with Gasteiger partial charge in [0.2, 0.25) is 0 Å². The van der Waals surface area contributed by atoms with E-state index >= 15 is 0 Å². The van der Waals surface area contributed by atoms with E-state index in [0.29, 0.717) is 11.5 Å². The fourth-order valence-corrected chi connectivity index (χ4v) is 2.55. The van der Waals surface area contributed by atoms with E-state index in [1.165, 1.54) is 16.4 Å². The van der Waals surface area contributed by atoms with Gasteiger partial charge >= 0.3 is 0 Å². The fraction of sp³-hybridized carbons (Fsp3) is 0.500. The molecule has 3 heteroatoms. The molecule has 0 radical (unpaired) electrons. The lowest BCUT2D eigenvalue weighted by Crippen LogP contribution is -2.25. The molecule has 1 aromatic rings. The second-order valence-electron chi connectivity index (χ2n) is 4.64. The minimum atomic E-state index is 0.478. The lowest BCUT2D eigenvalue weighted by molar-refractivity contribution is 0.493. The number of rotatable bonds is 3.